The number of hydrogen-bond acceptors (Lipinski definition) is 5. The molecule has 0 spiro atoms. The first kappa shape index (κ1) is 23.3. The number of nitrogens with one attached hydrogen (secondary N) is 1. The summed E-state index contributed by atoms with van der Waals surface area (Å²) in [6, 6.07) is 6.03. The first-order valence-corrected chi connectivity index (χ1v) is 11.3. The molecule has 0 aromatic heterocycles. The second kappa shape index (κ2) is 9.69. The molecule has 1 saturated heterocycles. The third kappa shape index (κ3) is 6.01. The van der Waals surface area contributed by atoms with Crippen LogP contribution in [0, 0.1) is 5.92 Å². The van der Waals surface area contributed by atoms with Crippen molar-refractivity contribution < 1.29 is 18.0 Å². The van der Waals surface area contributed by atoms with Gasteiger partial charge in [-0.15, -0.1) is 0 Å². The van der Waals surface area contributed by atoms with Crippen LogP contribution in [0.4, 0.5) is 5.69 Å². The average molecular weight is 425 g/mol. The molecule has 162 valence electrons. The van der Waals surface area contributed by atoms with E-state index in [2.05, 4.69) is 5.32 Å². The first-order valence-electron chi connectivity index (χ1n) is 9.84. The highest BCUT2D eigenvalue weighted by Gasteiger charge is 2.28. The molecule has 0 radical (unpaired) electrons. The van der Waals surface area contributed by atoms with Crippen LogP contribution in [-0.4, -0.2) is 81.2 Å². The molecule has 1 unspecified atom stereocenters. The lowest BCUT2D eigenvalue weighted by Gasteiger charge is -2.32. The van der Waals surface area contributed by atoms with Gasteiger partial charge in [0.2, 0.25) is 21.8 Å². The Morgan fingerprint density at radius 2 is 1.79 bits per heavy atom. The average Bonchev–Trinajstić information content (AvgIpc) is 2.67. The SMILES string of the molecule is CC(C)N(C)S(=O)(=O)c1ccc(NC(=O)CN2CCCC(C(=O)N(C)C)C2)cc1. The van der Waals surface area contributed by atoms with Gasteiger partial charge in [0.25, 0.3) is 0 Å². The zero-order valence-electron chi connectivity index (χ0n) is 17.9. The van der Waals surface area contributed by atoms with Gasteiger partial charge in [-0.1, -0.05) is 0 Å². The van der Waals surface area contributed by atoms with Crippen molar-refractivity contribution in [1.82, 2.24) is 14.1 Å². The fraction of sp³-hybridized carbons (Fsp3) is 0.600. The van der Waals surface area contributed by atoms with E-state index in [-0.39, 0.29) is 35.2 Å². The third-order valence-electron chi connectivity index (χ3n) is 5.21. The number of nitrogens with zero attached hydrogens (tertiary/aromatic N) is 3. The van der Waals surface area contributed by atoms with Gasteiger partial charge in [0, 0.05) is 39.4 Å². The molecule has 9 heteroatoms. The minimum absolute atomic E-state index is 0.0750. The zero-order chi connectivity index (χ0) is 21.8. The summed E-state index contributed by atoms with van der Waals surface area (Å²) in [5.74, 6) is -0.162. The minimum atomic E-state index is -3.55. The van der Waals surface area contributed by atoms with E-state index in [1.54, 1.807) is 38.2 Å². The number of hydrogen-bond donors (Lipinski definition) is 1. The van der Waals surface area contributed by atoms with Gasteiger partial charge < -0.3 is 10.2 Å². The van der Waals surface area contributed by atoms with Crippen molar-refractivity contribution in [2.45, 2.75) is 37.6 Å². The summed E-state index contributed by atoms with van der Waals surface area (Å²) in [5, 5.41) is 2.80. The molecule has 0 saturated carbocycles. The molecule has 0 bridgehead atoms. The molecule has 1 aliphatic heterocycles. The van der Waals surface area contributed by atoms with Gasteiger partial charge in [0.1, 0.15) is 0 Å². The number of carbonyl (C=O) groups is 2. The summed E-state index contributed by atoms with van der Waals surface area (Å²) in [5.41, 5.74) is 0.541. The number of amides is 2. The smallest absolute Gasteiger partial charge is 0.243 e. The van der Waals surface area contributed by atoms with E-state index in [4.69, 9.17) is 0 Å². The fourth-order valence-corrected chi connectivity index (χ4v) is 4.69. The monoisotopic (exact) mass is 424 g/mol. The first-order chi connectivity index (χ1) is 13.5. The van der Waals surface area contributed by atoms with Crippen LogP contribution in [-0.2, 0) is 19.6 Å². The van der Waals surface area contributed by atoms with E-state index in [1.165, 1.54) is 16.4 Å². The van der Waals surface area contributed by atoms with Gasteiger partial charge in [0.15, 0.2) is 0 Å². The Morgan fingerprint density at radius 1 is 1.17 bits per heavy atom. The molecule has 2 rings (SSSR count). The van der Waals surface area contributed by atoms with Crippen molar-refractivity contribution in [2.75, 3.05) is 46.1 Å². The van der Waals surface area contributed by atoms with Crippen LogP contribution >= 0.6 is 0 Å². The Hall–Kier alpha value is -1.97. The number of likely N-dealkylation sites (tertiary alicyclic amines) is 1. The van der Waals surface area contributed by atoms with E-state index in [0.29, 0.717) is 12.2 Å². The Balaban J connectivity index is 1.95. The van der Waals surface area contributed by atoms with Gasteiger partial charge in [-0.2, -0.15) is 4.31 Å². The lowest BCUT2D eigenvalue weighted by molar-refractivity contribution is -0.135. The van der Waals surface area contributed by atoms with E-state index >= 15 is 0 Å². The van der Waals surface area contributed by atoms with E-state index in [0.717, 1.165) is 19.4 Å². The lowest BCUT2D eigenvalue weighted by Crippen LogP contribution is -2.45. The number of piperidine rings is 1. The van der Waals surface area contributed by atoms with Crippen molar-refractivity contribution in [1.29, 1.82) is 0 Å². The molecule has 29 heavy (non-hydrogen) atoms. The highest BCUT2D eigenvalue weighted by atomic mass is 32.2. The predicted octanol–water partition coefficient (Wildman–Crippen LogP) is 1.45. The van der Waals surface area contributed by atoms with E-state index in [1.807, 2.05) is 18.7 Å². The molecule has 8 nitrogen and oxygen atoms in total. The standard InChI is InChI=1S/C20H32N4O4S/c1-15(2)23(5)29(27,28)18-10-8-17(9-11-18)21-19(25)14-24-12-6-7-16(13-24)20(26)22(3)4/h8-11,15-16H,6-7,12-14H2,1-5H3,(H,21,25). The number of benzene rings is 1. The highest BCUT2D eigenvalue weighted by Crippen LogP contribution is 2.20. The summed E-state index contributed by atoms with van der Waals surface area (Å²) in [4.78, 5) is 28.3. The van der Waals surface area contributed by atoms with Crippen LogP contribution in [0.25, 0.3) is 0 Å². The molecular weight excluding hydrogens is 392 g/mol. The molecule has 1 aromatic carbocycles. The maximum Gasteiger partial charge on any atom is 0.243 e. The van der Waals surface area contributed by atoms with Gasteiger partial charge in [-0.25, -0.2) is 8.42 Å². The maximum absolute atomic E-state index is 12.5. The largest absolute Gasteiger partial charge is 0.349 e. The summed E-state index contributed by atoms with van der Waals surface area (Å²) in [7, 11) is 1.49. The molecule has 2 amide bonds. The van der Waals surface area contributed by atoms with Crippen molar-refractivity contribution in [3.63, 3.8) is 0 Å². The molecule has 1 aliphatic rings. The van der Waals surface area contributed by atoms with Gasteiger partial charge in [0.05, 0.1) is 17.4 Å². The van der Waals surface area contributed by atoms with Gasteiger partial charge in [-0.3, -0.25) is 14.5 Å². The fourth-order valence-electron chi connectivity index (χ4n) is 3.32. The number of sulfonamides is 1. The van der Waals surface area contributed by atoms with Crippen LogP contribution < -0.4 is 5.32 Å². The minimum Gasteiger partial charge on any atom is -0.349 e. The quantitative estimate of drug-likeness (QED) is 0.716. The molecular formula is C20H32N4O4S. The number of anilines is 1. The Morgan fingerprint density at radius 3 is 2.34 bits per heavy atom. The zero-order valence-corrected chi connectivity index (χ0v) is 18.7. The van der Waals surface area contributed by atoms with E-state index in [9.17, 15) is 18.0 Å². The Bertz CT molecular complexity index is 821. The topological polar surface area (TPSA) is 90.0 Å². The molecule has 1 N–H and O–H groups in total. The van der Waals surface area contributed by atoms with Crippen LogP contribution in [0.3, 0.4) is 0 Å². The summed E-state index contributed by atoms with van der Waals surface area (Å²) < 4.78 is 26.3. The highest BCUT2D eigenvalue weighted by molar-refractivity contribution is 7.89. The maximum atomic E-state index is 12.5. The van der Waals surface area contributed by atoms with Crippen molar-refractivity contribution >= 4 is 27.5 Å². The molecule has 0 aliphatic carbocycles. The van der Waals surface area contributed by atoms with Crippen LogP contribution in [0.1, 0.15) is 26.7 Å². The molecule has 1 heterocycles. The lowest BCUT2D eigenvalue weighted by atomic mass is 9.97. The second-order valence-corrected chi connectivity index (χ2v) is 9.99. The summed E-state index contributed by atoms with van der Waals surface area (Å²) in [6.07, 6.45) is 1.73. The second-order valence-electron chi connectivity index (χ2n) is 7.99. The third-order valence-corrected chi connectivity index (χ3v) is 7.25. The van der Waals surface area contributed by atoms with Crippen molar-refractivity contribution in [2.24, 2.45) is 5.92 Å². The molecule has 1 aromatic rings. The summed E-state index contributed by atoms with van der Waals surface area (Å²) >= 11 is 0. The van der Waals surface area contributed by atoms with Crippen LogP contribution in [0.15, 0.2) is 29.2 Å². The predicted molar refractivity (Wildman–Crippen MR) is 113 cm³/mol. The summed E-state index contributed by atoms with van der Waals surface area (Å²) in [6.45, 7) is 5.17. The number of rotatable bonds is 7. The van der Waals surface area contributed by atoms with Crippen LogP contribution in [0.2, 0.25) is 0 Å². The van der Waals surface area contributed by atoms with Gasteiger partial charge >= 0.3 is 0 Å². The molecule has 1 atom stereocenters. The van der Waals surface area contributed by atoms with Crippen LogP contribution in [0.5, 0.6) is 0 Å². The van der Waals surface area contributed by atoms with Crippen molar-refractivity contribution in [3.8, 4) is 0 Å². The van der Waals surface area contributed by atoms with Gasteiger partial charge in [-0.05, 0) is 57.5 Å². The Kier molecular flexibility index (Phi) is 7.79. The Labute approximate surface area is 173 Å². The van der Waals surface area contributed by atoms with Crippen molar-refractivity contribution in [3.05, 3.63) is 24.3 Å². The molecule has 1 fully saturated rings. The number of carbonyl (C=O) groups excluding carboxylic acids is 2. The van der Waals surface area contributed by atoms with E-state index < -0.39 is 10.0 Å². The normalized spacial score (nSPS) is 18.1.